The van der Waals surface area contributed by atoms with Gasteiger partial charge in [0, 0.05) is 11.9 Å². The van der Waals surface area contributed by atoms with Gasteiger partial charge >= 0.3 is 5.97 Å². The van der Waals surface area contributed by atoms with Gasteiger partial charge in [-0.3, -0.25) is 4.79 Å². The maximum Gasteiger partial charge on any atom is 0.364 e. The van der Waals surface area contributed by atoms with Crippen LogP contribution < -0.4 is 10.3 Å². The Morgan fingerprint density at radius 2 is 1.85 bits per heavy atom. The van der Waals surface area contributed by atoms with Crippen molar-refractivity contribution >= 4 is 16.7 Å². The van der Waals surface area contributed by atoms with Crippen molar-refractivity contribution in [1.82, 2.24) is 9.78 Å². The van der Waals surface area contributed by atoms with Gasteiger partial charge in [-0.2, -0.15) is 5.10 Å². The molecule has 0 atom stereocenters. The number of carbonyl (C=O) groups is 1. The first-order chi connectivity index (χ1) is 12.4. The van der Waals surface area contributed by atoms with Crippen LogP contribution in [0.3, 0.4) is 0 Å². The summed E-state index contributed by atoms with van der Waals surface area (Å²) in [6, 6.07) is 12.6. The Morgan fingerprint density at radius 3 is 2.46 bits per heavy atom. The van der Waals surface area contributed by atoms with Crippen LogP contribution in [-0.4, -0.2) is 15.7 Å². The molecule has 134 valence electrons. The fraction of sp³-hybridized carbons (Fsp3) is 0.286. The quantitative estimate of drug-likeness (QED) is 0.526. The second kappa shape index (κ2) is 7.12. The molecule has 0 fully saturated rings. The predicted molar refractivity (Wildman–Crippen MR) is 102 cm³/mol. The summed E-state index contributed by atoms with van der Waals surface area (Å²) in [5, 5.41) is 5.18. The van der Waals surface area contributed by atoms with Crippen molar-refractivity contribution in [3.8, 4) is 5.75 Å². The molecule has 2 aromatic carbocycles. The van der Waals surface area contributed by atoms with E-state index in [1.54, 1.807) is 30.3 Å². The van der Waals surface area contributed by atoms with Crippen molar-refractivity contribution < 1.29 is 9.53 Å². The smallest absolute Gasteiger partial charge is 0.364 e. The minimum absolute atomic E-state index is 0.146. The van der Waals surface area contributed by atoms with E-state index in [9.17, 15) is 9.59 Å². The van der Waals surface area contributed by atoms with Crippen LogP contribution in [0, 0.1) is 6.92 Å². The van der Waals surface area contributed by atoms with Crippen LogP contribution >= 0.6 is 0 Å². The Balaban J connectivity index is 2.02. The fourth-order valence-electron chi connectivity index (χ4n) is 3.12. The van der Waals surface area contributed by atoms with Crippen molar-refractivity contribution in [3.63, 3.8) is 0 Å². The van der Waals surface area contributed by atoms with Gasteiger partial charge < -0.3 is 4.74 Å². The third-order valence-corrected chi connectivity index (χ3v) is 4.43. The molecule has 0 bridgehead atoms. The van der Waals surface area contributed by atoms with Crippen molar-refractivity contribution in [2.45, 2.75) is 40.2 Å². The topological polar surface area (TPSA) is 61.2 Å². The largest absolute Gasteiger partial charge is 0.422 e. The number of esters is 1. The average Bonchev–Trinajstić information content (AvgIpc) is 2.62. The van der Waals surface area contributed by atoms with E-state index in [2.05, 4.69) is 18.9 Å². The number of hydrogen-bond acceptors (Lipinski definition) is 4. The van der Waals surface area contributed by atoms with Gasteiger partial charge in [0.25, 0.3) is 5.56 Å². The molecule has 3 rings (SSSR count). The lowest BCUT2D eigenvalue weighted by Gasteiger charge is -2.12. The maximum atomic E-state index is 12.7. The van der Waals surface area contributed by atoms with Crippen LogP contribution in [0.4, 0.5) is 0 Å². The zero-order chi connectivity index (χ0) is 18.8. The molecule has 0 spiro atoms. The second-order valence-electron chi connectivity index (χ2n) is 6.58. The molecule has 0 radical (unpaired) electrons. The first kappa shape index (κ1) is 17.9. The third-order valence-electron chi connectivity index (χ3n) is 4.43. The number of aromatic nitrogens is 2. The van der Waals surface area contributed by atoms with Crippen molar-refractivity contribution in [1.29, 1.82) is 0 Å². The molecule has 0 aliphatic rings. The van der Waals surface area contributed by atoms with E-state index in [4.69, 9.17) is 4.74 Å². The molecular weight excluding hydrogens is 328 g/mol. The first-order valence-corrected chi connectivity index (χ1v) is 8.75. The highest BCUT2D eigenvalue weighted by molar-refractivity contribution is 6.02. The number of fused-ring (bicyclic) bond motifs is 1. The van der Waals surface area contributed by atoms with Crippen LogP contribution in [-0.2, 0) is 6.54 Å². The third kappa shape index (κ3) is 3.25. The number of hydrogen-bond donors (Lipinski definition) is 0. The lowest BCUT2D eigenvalue weighted by atomic mass is 9.98. The summed E-state index contributed by atoms with van der Waals surface area (Å²) in [5.41, 5.74) is 2.22. The van der Waals surface area contributed by atoms with Gasteiger partial charge in [-0.1, -0.05) is 38.1 Å². The molecule has 0 saturated heterocycles. The Labute approximate surface area is 152 Å². The highest BCUT2D eigenvalue weighted by atomic mass is 16.5. The van der Waals surface area contributed by atoms with Crippen molar-refractivity contribution in [3.05, 3.63) is 69.6 Å². The number of rotatable bonds is 4. The number of benzene rings is 2. The van der Waals surface area contributed by atoms with Gasteiger partial charge in [0.1, 0.15) is 5.75 Å². The lowest BCUT2D eigenvalue weighted by Crippen LogP contribution is -2.26. The minimum atomic E-state index is -0.569. The Hall–Kier alpha value is -2.95. The monoisotopic (exact) mass is 350 g/mol. The molecule has 0 amide bonds. The normalized spacial score (nSPS) is 11.1. The highest BCUT2D eigenvalue weighted by Gasteiger charge is 2.18. The number of nitrogens with zero attached hydrogens (tertiary/aromatic N) is 2. The van der Waals surface area contributed by atoms with Crippen LogP contribution in [0.15, 0.2) is 47.3 Å². The molecule has 0 aliphatic carbocycles. The lowest BCUT2D eigenvalue weighted by molar-refractivity contribution is 0.0728. The van der Waals surface area contributed by atoms with E-state index in [1.165, 1.54) is 10.2 Å². The number of carbonyl (C=O) groups excluding carboxylic acids is 1. The Bertz CT molecular complexity index is 1040. The zero-order valence-electron chi connectivity index (χ0n) is 15.4. The van der Waals surface area contributed by atoms with Crippen LogP contribution in [0.1, 0.15) is 48.3 Å². The predicted octanol–water partition coefficient (Wildman–Crippen LogP) is 4.07. The highest BCUT2D eigenvalue weighted by Crippen LogP contribution is 2.24. The molecule has 5 heteroatoms. The van der Waals surface area contributed by atoms with Gasteiger partial charge in [0.15, 0.2) is 5.69 Å². The van der Waals surface area contributed by atoms with E-state index >= 15 is 0 Å². The summed E-state index contributed by atoms with van der Waals surface area (Å²) in [4.78, 5) is 25.1. The van der Waals surface area contributed by atoms with Crippen LogP contribution in [0.5, 0.6) is 5.75 Å². The fourth-order valence-corrected chi connectivity index (χ4v) is 3.12. The summed E-state index contributed by atoms with van der Waals surface area (Å²) in [7, 11) is 0. The Morgan fingerprint density at radius 1 is 1.15 bits per heavy atom. The molecule has 0 unspecified atom stereocenters. The van der Waals surface area contributed by atoms with E-state index in [0.29, 0.717) is 29.0 Å². The van der Waals surface area contributed by atoms with Gasteiger partial charge in [-0.15, -0.1) is 0 Å². The number of aryl methyl sites for hydroxylation is 2. The van der Waals surface area contributed by atoms with E-state index < -0.39 is 5.97 Å². The molecule has 3 aromatic rings. The van der Waals surface area contributed by atoms with Crippen molar-refractivity contribution in [2.24, 2.45) is 0 Å². The summed E-state index contributed by atoms with van der Waals surface area (Å²) in [6.07, 6.45) is 0. The maximum absolute atomic E-state index is 12.7. The SMILES string of the molecule is CCn1nc(C(=O)Oc2ccc(C(C)C)c(C)c2)c2ccccc2c1=O. The van der Waals surface area contributed by atoms with Gasteiger partial charge in [0.2, 0.25) is 0 Å². The Kier molecular flexibility index (Phi) is 4.89. The first-order valence-electron chi connectivity index (χ1n) is 8.75. The molecule has 26 heavy (non-hydrogen) atoms. The van der Waals surface area contributed by atoms with Crippen molar-refractivity contribution in [2.75, 3.05) is 0 Å². The molecule has 1 aromatic heterocycles. The molecule has 5 nitrogen and oxygen atoms in total. The standard InChI is InChI=1S/C21H22N2O3/c1-5-23-20(24)18-9-7-6-8-17(18)19(22-23)21(25)26-15-10-11-16(13(2)3)14(4)12-15/h6-13H,5H2,1-4H3. The number of ether oxygens (including phenoxy) is 1. The molecular formula is C21H22N2O3. The molecule has 0 saturated carbocycles. The molecule has 1 heterocycles. The van der Waals surface area contributed by atoms with E-state index in [1.807, 2.05) is 26.0 Å². The van der Waals surface area contributed by atoms with Gasteiger partial charge in [0.05, 0.1) is 5.39 Å². The average molecular weight is 350 g/mol. The summed E-state index contributed by atoms with van der Waals surface area (Å²) in [5.74, 6) is 0.301. The summed E-state index contributed by atoms with van der Waals surface area (Å²) < 4.78 is 6.83. The second-order valence-corrected chi connectivity index (χ2v) is 6.58. The summed E-state index contributed by atoms with van der Waals surface area (Å²) >= 11 is 0. The molecule has 0 N–H and O–H groups in total. The van der Waals surface area contributed by atoms with Crippen LogP contribution in [0.2, 0.25) is 0 Å². The van der Waals surface area contributed by atoms with Gasteiger partial charge in [-0.05, 0) is 49.1 Å². The van der Waals surface area contributed by atoms with Crippen LogP contribution in [0.25, 0.3) is 10.8 Å². The van der Waals surface area contributed by atoms with E-state index in [0.717, 1.165) is 5.56 Å². The zero-order valence-corrected chi connectivity index (χ0v) is 15.4. The minimum Gasteiger partial charge on any atom is -0.422 e. The van der Waals surface area contributed by atoms with E-state index in [-0.39, 0.29) is 11.3 Å². The summed E-state index contributed by atoms with van der Waals surface area (Å²) in [6.45, 7) is 8.44. The van der Waals surface area contributed by atoms with Gasteiger partial charge in [-0.25, -0.2) is 9.48 Å². The molecule has 0 aliphatic heterocycles.